The number of hydrogen-bond donors (Lipinski definition) is 5. The maximum atomic E-state index is 13.0. The summed E-state index contributed by atoms with van der Waals surface area (Å²) in [6.45, 7) is 4.00. The van der Waals surface area contributed by atoms with Crippen molar-refractivity contribution in [2.45, 2.75) is 101 Å². The summed E-state index contributed by atoms with van der Waals surface area (Å²) in [5.74, 6) is 0. The molecule has 2 rings (SSSR count). The van der Waals surface area contributed by atoms with Gasteiger partial charge in [-0.15, -0.1) is 0 Å². The monoisotopic (exact) mass is 525 g/mol. The maximum absolute atomic E-state index is 13.0. The van der Waals surface area contributed by atoms with Gasteiger partial charge in [-0.1, -0.05) is 78.1 Å². The van der Waals surface area contributed by atoms with Crippen molar-refractivity contribution < 1.29 is 46.5 Å². The largest absolute Gasteiger partial charge is 0.367 e. The fourth-order valence-electron chi connectivity index (χ4n) is 4.13. The molecule has 0 aromatic rings. The SMILES string of the molecule is CCCCCCCC12NC(CCCCCCC)(P(=O)(O)OP1(=O)O)P(=O)(O)OP2(=O)O. The van der Waals surface area contributed by atoms with E-state index in [0.717, 1.165) is 38.5 Å². The lowest BCUT2D eigenvalue weighted by molar-refractivity contribution is 0.179. The number of unbranched alkanes of at least 4 members (excludes halogenated alkanes) is 8. The fraction of sp³-hybridized carbons (Fsp3) is 1.00. The van der Waals surface area contributed by atoms with Crippen LogP contribution in [0.5, 0.6) is 0 Å². The van der Waals surface area contributed by atoms with Gasteiger partial charge in [-0.25, -0.2) is 8.62 Å². The number of rotatable bonds is 12. The summed E-state index contributed by atoms with van der Waals surface area (Å²) >= 11 is 0. The van der Waals surface area contributed by atoms with Crippen LogP contribution < -0.4 is 5.32 Å². The van der Waals surface area contributed by atoms with Crippen molar-refractivity contribution in [3.8, 4) is 0 Å². The van der Waals surface area contributed by atoms with E-state index < -0.39 is 53.3 Å². The molecule has 2 aliphatic rings. The number of hydrogen-bond acceptors (Lipinski definition) is 7. The molecular weight excluding hydrogens is 490 g/mol. The van der Waals surface area contributed by atoms with Crippen LogP contribution in [0, 0.1) is 0 Å². The third-order valence-corrected chi connectivity index (χ3v) is 17.6. The molecule has 2 heterocycles. The first-order valence-corrected chi connectivity index (χ1v) is 17.1. The van der Waals surface area contributed by atoms with Gasteiger partial charge in [0.05, 0.1) is 0 Å². The molecule has 0 aromatic carbocycles. The van der Waals surface area contributed by atoms with Crippen molar-refractivity contribution >= 4 is 30.4 Å². The van der Waals surface area contributed by atoms with Gasteiger partial charge in [-0.3, -0.25) is 23.6 Å². The second-order valence-electron chi connectivity index (χ2n) is 8.33. The third kappa shape index (κ3) is 5.04. The Morgan fingerprint density at radius 3 is 1.16 bits per heavy atom. The van der Waals surface area contributed by atoms with Gasteiger partial charge in [0.25, 0.3) is 0 Å². The average Bonchev–Trinajstić information content (AvgIpc) is 2.61. The lowest BCUT2D eigenvalue weighted by Crippen LogP contribution is -2.63. The zero-order valence-corrected chi connectivity index (χ0v) is 21.6. The van der Waals surface area contributed by atoms with Crippen LogP contribution in [0.4, 0.5) is 0 Å². The molecule has 0 saturated carbocycles. The van der Waals surface area contributed by atoms with Gasteiger partial charge in [-0.05, 0) is 12.8 Å². The molecule has 0 radical (unpaired) electrons. The molecule has 2 aliphatic heterocycles. The van der Waals surface area contributed by atoms with Gasteiger partial charge in [0.2, 0.25) is 10.0 Å². The molecule has 5 N–H and O–H groups in total. The Morgan fingerprint density at radius 2 is 0.871 bits per heavy atom. The normalized spacial score (nSPS) is 45.0. The molecule has 2 bridgehead atoms. The number of fused-ring (bicyclic) bond motifs is 2. The van der Waals surface area contributed by atoms with Gasteiger partial charge in [-0.2, -0.15) is 0 Å². The van der Waals surface area contributed by atoms with E-state index in [2.05, 4.69) is 13.9 Å². The van der Waals surface area contributed by atoms with Gasteiger partial charge in [0.15, 0.2) is 0 Å². The van der Waals surface area contributed by atoms with E-state index in [4.69, 9.17) is 0 Å². The standard InChI is InChI=1S/C16H35NO10P4/c1-3-5-7-9-11-13-15-17-16(14-12-10-8-6-4-2,30(22,23)26-28(15,18)19)31(24,25)27-29(15,20)21/h17H,3-14H2,1-2H3,(H,18,19)(H,20,21)(H,22,23)(H,24,25). The van der Waals surface area contributed by atoms with Crippen LogP contribution in [-0.4, -0.2) is 29.6 Å². The van der Waals surface area contributed by atoms with Crippen LogP contribution >= 0.6 is 30.4 Å². The Labute approximate surface area is 183 Å². The van der Waals surface area contributed by atoms with Crippen molar-refractivity contribution in [2.24, 2.45) is 0 Å². The predicted molar refractivity (Wildman–Crippen MR) is 117 cm³/mol. The minimum atomic E-state index is -5.26. The molecule has 184 valence electrons. The molecule has 0 aliphatic carbocycles. The molecule has 15 heteroatoms. The lowest BCUT2D eigenvalue weighted by atomic mass is 10.1. The second kappa shape index (κ2) is 10.1. The Kier molecular flexibility index (Phi) is 9.08. The summed E-state index contributed by atoms with van der Waals surface area (Å²) in [6.07, 6.45) is 6.01. The first-order valence-electron chi connectivity index (χ1n) is 10.8. The van der Waals surface area contributed by atoms with Crippen LogP contribution in [0.2, 0.25) is 0 Å². The van der Waals surface area contributed by atoms with Crippen molar-refractivity contribution in [1.29, 1.82) is 0 Å². The minimum Gasteiger partial charge on any atom is -0.322 e. The Balaban J connectivity index is 2.44. The van der Waals surface area contributed by atoms with E-state index in [1.165, 1.54) is 0 Å². The highest BCUT2D eigenvalue weighted by molar-refractivity contribution is 7.87. The highest BCUT2D eigenvalue weighted by Gasteiger charge is 2.83. The van der Waals surface area contributed by atoms with Crippen LogP contribution in [0.1, 0.15) is 90.9 Å². The summed E-state index contributed by atoms with van der Waals surface area (Å²) in [4.78, 5) is 42.0. The summed E-state index contributed by atoms with van der Waals surface area (Å²) in [6, 6.07) is 0. The van der Waals surface area contributed by atoms with E-state index in [1.807, 2.05) is 13.8 Å². The molecular formula is C16H35NO10P4. The Hall–Kier alpha value is 0.640. The smallest absolute Gasteiger partial charge is 0.322 e. The quantitative estimate of drug-likeness (QED) is 0.162. The molecule has 2 saturated heterocycles. The molecule has 0 amide bonds. The van der Waals surface area contributed by atoms with E-state index in [9.17, 15) is 37.8 Å². The van der Waals surface area contributed by atoms with Crippen LogP contribution in [-0.2, 0) is 26.9 Å². The zero-order valence-electron chi connectivity index (χ0n) is 18.0. The van der Waals surface area contributed by atoms with Gasteiger partial charge >= 0.3 is 30.4 Å². The minimum absolute atomic E-state index is 0.215. The first-order chi connectivity index (χ1) is 14.2. The first kappa shape index (κ1) is 27.9. The van der Waals surface area contributed by atoms with Gasteiger partial charge < -0.3 is 19.6 Å². The van der Waals surface area contributed by atoms with E-state index >= 15 is 0 Å². The second-order valence-corrected chi connectivity index (χ2v) is 17.6. The summed E-state index contributed by atoms with van der Waals surface area (Å²) in [5.41, 5.74) is 0. The van der Waals surface area contributed by atoms with Gasteiger partial charge in [0, 0.05) is 0 Å². The fourth-order valence-corrected chi connectivity index (χ4v) is 16.0. The average molecular weight is 525 g/mol. The molecule has 0 spiro atoms. The van der Waals surface area contributed by atoms with E-state index in [0.29, 0.717) is 12.8 Å². The Bertz CT molecular complexity index is 723. The Morgan fingerprint density at radius 1 is 0.581 bits per heavy atom. The van der Waals surface area contributed by atoms with Gasteiger partial charge in [0.1, 0.15) is 0 Å². The molecule has 11 nitrogen and oxygen atoms in total. The number of nitrogens with one attached hydrogen (secondary N) is 1. The molecule has 4 atom stereocenters. The van der Waals surface area contributed by atoms with Crippen molar-refractivity contribution in [1.82, 2.24) is 5.32 Å². The topological polar surface area (TPSA) is 180 Å². The molecule has 0 aromatic heterocycles. The van der Waals surface area contributed by atoms with Crippen molar-refractivity contribution in [2.75, 3.05) is 0 Å². The van der Waals surface area contributed by atoms with Crippen molar-refractivity contribution in [3.05, 3.63) is 0 Å². The van der Waals surface area contributed by atoms with Crippen LogP contribution in [0.25, 0.3) is 0 Å². The molecule has 31 heavy (non-hydrogen) atoms. The highest BCUT2D eigenvalue weighted by Crippen LogP contribution is 2.94. The summed E-state index contributed by atoms with van der Waals surface area (Å²) in [5, 5.41) is -2.98. The zero-order chi connectivity index (χ0) is 23.6. The predicted octanol–water partition coefficient (Wildman–Crippen LogP) is 5.41. The lowest BCUT2D eigenvalue weighted by Gasteiger charge is -2.56. The molecule has 2 fully saturated rings. The summed E-state index contributed by atoms with van der Waals surface area (Å²) in [7, 11) is -21.0. The highest BCUT2D eigenvalue weighted by atomic mass is 31.3. The van der Waals surface area contributed by atoms with Crippen LogP contribution in [0.3, 0.4) is 0 Å². The van der Waals surface area contributed by atoms with Crippen LogP contribution in [0.15, 0.2) is 0 Å². The third-order valence-electron chi connectivity index (χ3n) is 5.97. The van der Waals surface area contributed by atoms with E-state index in [-0.39, 0.29) is 12.8 Å². The summed E-state index contributed by atoms with van der Waals surface area (Å²) < 4.78 is 61.2. The van der Waals surface area contributed by atoms with Crippen molar-refractivity contribution in [3.63, 3.8) is 0 Å². The maximum Gasteiger partial charge on any atom is 0.367 e. The molecule has 4 unspecified atom stereocenters. The van der Waals surface area contributed by atoms with E-state index in [1.54, 1.807) is 0 Å².